The predicted octanol–water partition coefficient (Wildman–Crippen LogP) is 2.33. The smallest absolute Gasteiger partial charge is 0.306 e. The summed E-state index contributed by atoms with van der Waals surface area (Å²) in [6, 6.07) is 3.86. The van der Waals surface area contributed by atoms with E-state index in [-0.39, 0.29) is 18.8 Å². The zero-order valence-corrected chi connectivity index (χ0v) is 7.92. The van der Waals surface area contributed by atoms with Crippen LogP contribution in [0.2, 0.25) is 5.02 Å². The molecule has 1 N–H and O–H groups in total. The van der Waals surface area contributed by atoms with E-state index in [2.05, 4.69) is 0 Å². The van der Waals surface area contributed by atoms with Crippen molar-refractivity contribution in [2.45, 2.75) is 6.42 Å². The van der Waals surface area contributed by atoms with Gasteiger partial charge in [-0.2, -0.15) is 0 Å². The quantitative estimate of drug-likeness (QED) is 0.844. The van der Waals surface area contributed by atoms with E-state index >= 15 is 0 Å². The van der Waals surface area contributed by atoms with Gasteiger partial charge in [0, 0.05) is 11.1 Å². The molecule has 0 amide bonds. The molecule has 5 heteroatoms. The maximum atomic E-state index is 13.0. The SMILES string of the molecule is O=C(O)CCOc1cc(Cl)ccc1F. The second-order valence-corrected chi connectivity index (χ2v) is 3.00. The molecule has 0 unspecified atom stereocenters. The van der Waals surface area contributed by atoms with Crippen LogP contribution in [0.5, 0.6) is 5.75 Å². The summed E-state index contributed by atoms with van der Waals surface area (Å²) < 4.78 is 17.9. The first-order valence-corrected chi connectivity index (χ1v) is 4.27. The second kappa shape index (κ2) is 4.81. The lowest BCUT2D eigenvalue weighted by atomic mass is 10.3. The highest BCUT2D eigenvalue weighted by Crippen LogP contribution is 2.21. The lowest BCUT2D eigenvalue weighted by molar-refractivity contribution is -0.137. The largest absolute Gasteiger partial charge is 0.490 e. The standard InChI is InChI=1S/C9H8ClFO3/c10-6-1-2-7(11)8(5-6)14-4-3-9(12)13/h1-2,5H,3-4H2,(H,12,13). The Morgan fingerprint density at radius 3 is 2.93 bits per heavy atom. The molecule has 76 valence electrons. The first-order valence-electron chi connectivity index (χ1n) is 3.89. The van der Waals surface area contributed by atoms with Gasteiger partial charge in [0.1, 0.15) is 0 Å². The summed E-state index contributed by atoms with van der Waals surface area (Å²) in [7, 11) is 0. The van der Waals surface area contributed by atoms with Gasteiger partial charge in [-0.05, 0) is 12.1 Å². The van der Waals surface area contributed by atoms with E-state index in [0.717, 1.165) is 0 Å². The highest BCUT2D eigenvalue weighted by atomic mass is 35.5. The molecule has 0 atom stereocenters. The summed E-state index contributed by atoms with van der Waals surface area (Å²) in [5.74, 6) is -1.58. The van der Waals surface area contributed by atoms with Gasteiger partial charge in [-0.15, -0.1) is 0 Å². The summed E-state index contributed by atoms with van der Waals surface area (Å²) in [4.78, 5) is 10.1. The topological polar surface area (TPSA) is 46.5 Å². The molecule has 1 aromatic rings. The Balaban J connectivity index is 2.57. The highest BCUT2D eigenvalue weighted by Gasteiger charge is 2.04. The minimum atomic E-state index is -0.993. The maximum Gasteiger partial charge on any atom is 0.306 e. The van der Waals surface area contributed by atoms with Gasteiger partial charge in [0.25, 0.3) is 0 Å². The molecule has 0 spiro atoms. The Kier molecular flexibility index (Phi) is 3.71. The van der Waals surface area contributed by atoms with Gasteiger partial charge in [0.15, 0.2) is 11.6 Å². The van der Waals surface area contributed by atoms with Crippen molar-refractivity contribution in [1.82, 2.24) is 0 Å². The molecule has 0 aromatic heterocycles. The Hall–Kier alpha value is -1.29. The van der Waals surface area contributed by atoms with Crippen LogP contribution in [0.15, 0.2) is 18.2 Å². The fourth-order valence-electron chi connectivity index (χ4n) is 0.836. The van der Waals surface area contributed by atoms with Crippen molar-refractivity contribution in [2.24, 2.45) is 0 Å². The van der Waals surface area contributed by atoms with Crippen LogP contribution in [0.1, 0.15) is 6.42 Å². The van der Waals surface area contributed by atoms with Gasteiger partial charge in [-0.3, -0.25) is 4.79 Å². The third-order valence-corrected chi connectivity index (χ3v) is 1.70. The Bertz CT molecular complexity index is 341. The van der Waals surface area contributed by atoms with Crippen LogP contribution in [0.25, 0.3) is 0 Å². The van der Waals surface area contributed by atoms with Crippen molar-refractivity contribution in [2.75, 3.05) is 6.61 Å². The van der Waals surface area contributed by atoms with Gasteiger partial charge in [-0.25, -0.2) is 4.39 Å². The zero-order valence-electron chi connectivity index (χ0n) is 7.17. The summed E-state index contributed by atoms with van der Waals surface area (Å²) in [5, 5.41) is 8.66. The van der Waals surface area contributed by atoms with E-state index in [4.69, 9.17) is 21.4 Å². The van der Waals surface area contributed by atoms with Crippen molar-refractivity contribution in [3.8, 4) is 5.75 Å². The highest BCUT2D eigenvalue weighted by molar-refractivity contribution is 6.30. The number of halogens is 2. The normalized spacial score (nSPS) is 9.86. The van der Waals surface area contributed by atoms with Crippen LogP contribution in [0, 0.1) is 5.82 Å². The van der Waals surface area contributed by atoms with Crippen LogP contribution >= 0.6 is 11.6 Å². The average molecular weight is 219 g/mol. The minimum absolute atomic E-state index is 0.0289. The van der Waals surface area contributed by atoms with Crippen LogP contribution < -0.4 is 4.74 Å². The number of rotatable bonds is 4. The van der Waals surface area contributed by atoms with E-state index in [0.29, 0.717) is 5.02 Å². The maximum absolute atomic E-state index is 13.0. The molecule has 0 saturated heterocycles. The summed E-state index contributed by atoms with van der Waals surface area (Å²) in [6.45, 7) is -0.0768. The van der Waals surface area contributed by atoms with Crippen LogP contribution in [-0.2, 0) is 4.79 Å². The number of benzene rings is 1. The number of hydrogen-bond donors (Lipinski definition) is 1. The van der Waals surface area contributed by atoms with Crippen LogP contribution in [0.3, 0.4) is 0 Å². The van der Waals surface area contributed by atoms with Crippen LogP contribution in [-0.4, -0.2) is 17.7 Å². The van der Waals surface area contributed by atoms with Gasteiger partial charge in [0.05, 0.1) is 13.0 Å². The average Bonchev–Trinajstić information content (AvgIpc) is 2.10. The molecule has 0 heterocycles. The van der Waals surface area contributed by atoms with Crippen LogP contribution in [0.4, 0.5) is 4.39 Å². The fourth-order valence-corrected chi connectivity index (χ4v) is 0.998. The molecule has 0 saturated carbocycles. The molecular formula is C9H8ClFO3. The Morgan fingerprint density at radius 1 is 1.57 bits per heavy atom. The van der Waals surface area contributed by atoms with Gasteiger partial charge in [-0.1, -0.05) is 11.6 Å². The van der Waals surface area contributed by atoms with Crippen molar-refractivity contribution in [3.63, 3.8) is 0 Å². The molecule has 0 fully saturated rings. The summed E-state index contributed by atoms with van der Waals surface area (Å²) in [6.07, 6.45) is -0.175. The number of carboxylic acid groups (broad SMARTS) is 1. The third kappa shape index (κ3) is 3.22. The monoisotopic (exact) mass is 218 g/mol. The van der Waals surface area contributed by atoms with E-state index in [1.54, 1.807) is 0 Å². The molecule has 14 heavy (non-hydrogen) atoms. The van der Waals surface area contributed by atoms with E-state index in [1.165, 1.54) is 18.2 Å². The molecule has 1 rings (SSSR count). The zero-order chi connectivity index (χ0) is 10.6. The fraction of sp³-hybridized carbons (Fsp3) is 0.222. The number of hydrogen-bond acceptors (Lipinski definition) is 2. The molecule has 1 aromatic carbocycles. The van der Waals surface area contributed by atoms with Gasteiger partial charge < -0.3 is 9.84 Å². The van der Waals surface area contributed by atoms with E-state index in [9.17, 15) is 9.18 Å². The first kappa shape index (κ1) is 10.8. The van der Waals surface area contributed by atoms with E-state index in [1.807, 2.05) is 0 Å². The molecule has 0 aliphatic rings. The number of carbonyl (C=O) groups is 1. The van der Waals surface area contributed by atoms with Crippen molar-refractivity contribution in [1.29, 1.82) is 0 Å². The van der Waals surface area contributed by atoms with Gasteiger partial charge in [0.2, 0.25) is 0 Å². The Labute approximate surface area is 85.1 Å². The molecule has 0 aliphatic carbocycles. The van der Waals surface area contributed by atoms with Crippen molar-refractivity contribution in [3.05, 3.63) is 29.0 Å². The lowest BCUT2D eigenvalue weighted by Gasteiger charge is -2.05. The van der Waals surface area contributed by atoms with Crippen molar-refractivity contribution < 1.29 is 19.0 Å². The molecule has 0 aliphatic heterocycles. The molecular weight excluding hydrogens is 211 g/mol. The lowest BCUT2D eigenvalue weighted by Crippen LogP contribution is -2.05. The number of ether oxygens (including phenoxy) is 1. The predicted molar refractivity (Wildman–Crippen MR) is 49.2 cm³/mol. The molecule has 3 nitrogen and oxygen atoms in total. The second-order valence-electron chi connectivity index (χ2n) is 2.57. The van der Waals surface area contributed by atoms with Crippen molar-refractivity contribution >= 4 is 17.6 Å². The summed E-state index contributed by atoms with van der Waals surface area (Å²) >= 11 is 5.60. The number of aliphatic carboxylic acids is 1. The Morgan fingerprint density at radius 2 is 2.29 bits per heavy atom. The van der Waals surface area contributed by atoms with Gasteiger partial charge >= 0.3 is 5.97 Å². The molecule has 0 bridgehead atoms. The number of carboxylic acids is 1. The minimum Gasteiger partial charge on any atom is -0.490 e. The first-order chi connectivity index (χ1) is 6.59. The summed E-state index contributed by atoms with van der Waals surface area (Å²) in [5.41, 5.74) is 0. The van der Waals surface area contributed by atoms with E-state index < -0.39 is 11.8 Å². The third-order valence-electron chi connectivity index (χ3n) is 1.47. The molecule has 0 radical (unpaired) electrons.